The maximum atomic E-state index is 13.3. The van der Waals surface area contributed by atoms with Gasteiger partial charge in [-0.1, -0.05) is 18.2 Å². The van der Waals surface area contributed by atoms with E-state index in [9.17, 15) is 9.59 Å². The molecule has 3 heterocycles. The van der Waals surface area contributed by atoms with Gasteiger partial charge in [0.05, 0.1) is 30.5 Å². The Labute approximate surface area is 210 Å². The third kappa shape index (κ3) is 4.83. The van der Waals surface area contributed by atoms with Gasteiger partial charge in [-0.15, -0.1) is 0 Å². The molecule has 1 fully saturated rings. The molecule has 6 nitrogen and oxygen atoms in total. The molecule has 2 aliphatic rings. The number of anilines is 1. The van der Waals surface area contributed by atoms with Gasteiger partial charge in [-0.3, -0.25) is 19.4 Å². The Balaban J connectivity index is 1.21. The fourth-order valence-electron chi connectivity index (χ4n) is 5.04. The van der Waals surface area contributed by atoms with E-state index in [1.54, 1.807) is 24.5 Å². The summed E-state index contributed by atoms with van der Waals surface area (Å²) >= 11 is 1.57. The van der Waals surface area contributed by atoms with E-state index in [1.165, 1.54) is 10.5 Å². The Morgan fingerprint density at radius 3 is 2.40 bits per heavy atom. The molecule has 0 unspecified atom stereocenters. The number of benzene rings is 2. The van der Waals surface area contributed by atoms with Crippen molar-refractivity contribution in [3.63, 3.8) is 0 Å². The van der Waals surface area contributed by atoms with Crippen LogP contribution in [0.5, 0.6) is 5.75 Å². The Hall–Kier alpha value is -3.16. The van der Waals surface area contributed by atoms with Gasteiger partial charge >= 0.3 is 0 Å². The van der Waals surface area contributed by atoms with Crippen LogP contribution in [-0.4, -0.2) is 60.9 Å². The number of thiophene rings is 1. The summed E-state index contributed by atoms with van der Waals surface area (Å²) in [5.74, 6) is 0.519. The number of piperazine rings is 1. The van der Waals surface area contributed by atoms with Crippen molar-refractivity contribution in [1.82, 2.24) is 9.80 Å². The molecule has 0 saturated carbocycles. The predicted molar refractivity (Wildman–Crippen MR) is 140 cm³/mol. The molecule has 3 aromatic rings. The predicted octanol–water partition coefficient (Wildman–Crippen LogP) is 4.70. The number of amides is 2. The summed E-state index contributed by atoms with van der Waals surface area (Å²) < 4.78 is 5.25. The lowest BCUT2D eigenvalue weighted by Gasteiger charge is -2.39. The Bertz CT molecular complexity index is 1180. The van der Waals surface area contributed by atoms with Gasteiger partial charge in [0.2, 0.25) is 0 Å². The lowest BCUT2D eigenvalue weighted by molar-refractivity contribution is 0.0642. The molecule has 35 heavy (non-hydrogen) atoms. The lowest BCUT2D eigenvalue weighted by atomic mass is 10.0. The smallest absolute Gasteiger partial charge is 0.263 e. The summed E-state index contributed by atoms with van der Waals surface area (Å²) in [6.07, 6.45) is 2.13. The van der Waals surface area contributed by atoms with Crippen LogP contribution < -0.4 is 9.64 Å². The van der Waals surface area contributed by atoms with E-state index in [1.807, 2.05) is 41.1 Å². The lowest BCUT2D eigenvalue weighted by Crippen LogP contribution is -2.50. The second-order valence-electron chi connectivity index (χ2n) is 9.29. The van der Waals surface area contributed by atoms with Crippen molar-refractivity contribution in [3.05, 3.63) is 81.5 Å². The third-order valence-electron chi connectivity index (χ3n) is 7.19. The molecule has 0 N–H and O–H groups in total. The average Bonchev–Trinajstić information content (AvgIpc) is 3.50. The van der Waals surface area contributed by atoms with Crippen molar-refractivity contribution >= 4 is 28.8 Å². The number of hydrogen-bond donors (Lipinski definition) is 0. The van der Waals surface area contributed by atoms with Crippen molar-refractivity contribution in [2.45, 2.75) is 32.4 Å². The zero-order valence-electron chi connectivity index (χ0n) is 20.3. The molecule has 2 aromatic carbocycles. The van der Waals surface area contributed by atoms with Crippen LogP contribution in [0.25, 0.3) is 0 Å². The molecule has 7 heteroatoms. The molecular weight excluding hydrogens is 458 g/mol. The Morgan fingerprint density at radius 2 is 1.71 bits per heavy atom. The van der Waals surface area contributed by atoms with Crippen molar-refractivity contribution in [1.29, 1.82) is 0 Å². The Morgan fingerprint density at radius 1 is 0.943 bits per heavy atom. The maximum Gasteiger partial charge on any atom is 0.263 e. The van der Waals surface area contributed by atoms with Gasteiger partial charge in [-0.05, 0) is 72.0 Å². The van der Waals surface area contributed by atoms with Crippen LogP contribution in [-0.2, 0) is 13.0 Å². The van der Waals surface area contributed by atoms with Crippen LogP contribution in [0.3, 0.4) is 0 Å². The van der Waals surface area contributed by atoms with Crippen LogP contribution in [0, 0.1) is 0 Å². The second kappa shape index (κ2) is 10.2. The first kappa shape index (κ1) is 23.6. The standard InChI is InChI=1S/C28H31N3O3S/c1-20(6-7-21-8-10-23(34-2)11-9-21)29-13-15-30(16-14-29)25-5-3-4-24-26(25)28(33)31(27(24)32)18-22-12-17-35-19-22/h3-5,8-12,17,19-20H,6-7,13-16,18H2,1-2H3/t20-/m1/s1. The zero-order chi connectivity index (χ0) is 24.4. The summed E-state index contributed by atoms with van der Waals surface area (Å²) in [7, 11) is 1.69. The van der Waals surface area contributed by atoms with Crippen molar-refractivity contribution in [3.8, 4) is 5.75 Å². The topological polar surface area (TPSA) is 53.1 Å². The molecule has 182 valence electrons. The molecule has 0 radical (unpaired) electrons. The second-order valence-corrected chi connectivity index (χ2v) is 10.1. The van der Waals surface area contributed by atoms with Gasteiger partial charge in [0, 0.05) is 32.2 Å². The number of hydrogen-bond acceptors (Lipinski definition) is 6. The fourth-order valence-corrected chi connectivity index (χ4v) is 5.70. The molecular formula is C28H31N3O3S. The maximum absolute atomic E-state index is 13.3. The first-order valence-electron chi connectivity index (χ1n) is 12.2. The van der Waals surface area contributed by atoms with Gasteiger partial charge in [0.15, 0.2) is 0 Å². The van der Waals surface area contributed by atoms with E-state index in [0.29, 0.717) is 23.7 Å². The highest BCUT2D eigenvalue weighted by Crippen LogP contribution is 2.33. The first-order chi connectivity index (χ1) is 17.0. The van der Waals surface area contributed by atoms with Crippen molar-refractivity contribution in [2.75, 3.05) is 38.2 Å². The quantitative estimate of drug-likeness (QED) is 0.430. The molecule has 1 atom stereocenters. The number of carbonyl (C=O) groups excluding carboxylic acids is 2. The summed E-state index contributed by atoms with van der Waals surface area (Å²) in [5, 5.41) is 3.95. The summed E-state index contributed by atoms with van der Waals surface area (Å²) in [6, 6.07) is 16.4. The zero-order valence-corrected chi connectivity index (χ0v) is 21.1. The van der Waals surface area contributed by atoms with Crippen molar-refractivity contribution in [2.24, 2.45) is 0 Å². The van der Waals surface area contributed by atoms with E-state index >= 15 is 0 Å². The SMILES string of the molecule is COc1ccc(CC[C@@H](C)N2CCN(c3cccc4c3C(=O)N(Cc3ccsc3)C4=O)CC2)cc1. The van der Waals surface area contributed by atoms with Gasteiger partial charge in [-0.25, -0.2) is 0 Å². The average molecular weight is 490 g/mol. The number of rotatable bonds is 8. The minimum Gasteiger partial charge on any atom is -0.497 e. The number of nitrogens with zero attached hydrogens (tertiary/aromatic N) is 3. The van der Waals surface area contributed by atoms with Gasteiger partial charge in [0.1, 0.15) is 5.75 Å². The molecule has 2 amide bonds. The normalized spacial score (nSPS) is 17.1. The molecule has 2 aliphatic heterocycles. The van der Waals surface area contributed by atoms with E-state index in [2.05, 4.69) is 28.9 Å². The molecule has 1 aromatic heterocycles. The molecule has 0 aliphatic carbocycles. The van der Waals surface area contributed by atoms with Crippen molar-refractivity contribution < 1.29 is 14.3 Å². The Kier molecular flexibility index (Phi) is 6.88. The largest absolute Gasteiger partial charge is 0.497 e. The number of ether oxygens (including phenoxy) is 1. The molecule has 0 bridgehead atoms. The van der Waals surface area contributed by atoms with Gasteiger partial charge < -0.3 is 9.64 Å². The van der Waals surface area contributed by atoms with Crippen LogP contribution in [0.4, 0.5) is 5.69 Å². The number of imide groups is 1. The summed E-state index contributed by atoms with van der Waals surface area (Å²) in [4.78, 5) is 32.5. The van der Waals surface area contributed by atoms with Gasteiger partial charge in [-0.2, -0.15) is 11.3 Å². The van der Waals surface area contributed by atoms with Crippen LogP contribution in [0.15, 0.2) is 59.3 Å². The highest BCUT2D eigenvalue weighted by atomic mass is 32.1. The number of aryl methyl sites for hydroxylation is 1. The summed E-state index contributed by atoms with van der Waals surface area (Å²) in [6.45, 7) is 6.19. The van der Waals surface area contributed by atoms with Crippen LogP contribution >= 0.6 is 11.3 Å². The van der Waals surface area contributed by atoms with Gasteiger partial charge in [0.25, 0.3) is 11.8 Å². The monoisotopic (exact) mass is 489 g/mol. The number of methoxy groups -OCH3 is 1. The highest BCUT2D eigenvalue weighted by molar-refractivity contribution is 7.07. The van der Waals surface area contributed by atoms with E-state index in [4.69, 9.17) is 4.74 Å². The third-order valence-corrected chi connectivity index (χ3v) is 7.92. The van der Waals surface area contributed by atoms with E-state index in [0.717, 1.165) is 56.0 Å². The van der Waals surface area contributed by atoms with Crippen LogP contribution in [0.2, 0.25) is 0 Å². The summed E-state index contributed by atoms with van der Waals surface area (Å²) in [5.41, 5.74) is 4.29. The van der Waals surface area contributed by atoms with E-state index in [-0.39, 0.29) is 11.8 Å². The fraction of sp³-hybridized carbons (Fsp3) is 0.357. The van der Waals surface area contributed by atoms with Crippen LogP contribution in [0.1, 0.15) is 45.2 Å². The minimum absolute atomic E-state index is 0.179. The molecule has 1 saturated heterocycles. The highest BCUT2D eigenvalue weighted by Gasteiger charge is 2.38. The first-order valence-corrected chi connectivity index (χ1v) is 13.1. The molecule has 0 spiro atoms. The minimum atomic E-state index is -0.191. The number of fused-ring (bicyclic) bond motifs is 1. The van der Waals surface area contributed by atoms with E-state index < -0.39 is 0 Å². The molecule has 5 rings (SSSR count). The number of carbonyl (C=O) groups is 2.